The monoisotopic (exact) mass is 274 g/mol. The SMILES string of the molecule is CCCC[SiH]1CCCCO1.C[SiH]1CCCCO1. The van der Waals surface area contributed by atoms with Crippen molar-refractivity contribution in [1.82, 2.24) is 0 Å². The third-order valence-electron chi connectivity index (χ3n) is 3.56. The molecule has 2 atom stereocenters. The Balaban J connectivity index is 0.000000181. The molecule has 0 radical (unpaired) electrons. The minimum absolute atomic E-state index is 0.595. The second-order valence-corrected chi connectivity index (χ2v) is 10.6. The minimum Gasteiger partial charge on any atom is -0.420 e. The van der Waals surface area contributed by atoms with Crippen LogP contribution in [-0.2, 0) is 8.85 Å². The van der Waals surface area contributed by atoms with Crippen LogP contribution in [-0.4, -0.2) is 31.3 Å². The Morgan fingerprint density at radius 3 is 2.06 bits per heavy atom. The van der Waals surface area contributed by atoms with Crippen LogP contribution in [0, 0.1) is 0 Å². The largest absolute Gasteiger partial charge is 0.420 e. The molecule has 102 valence electrons. The molecule has 0 spiro atoms. The molecule has 2 saturated heterocycles. The summed E-state index contributed by atoms with van der Waals surface area (Å²) in [5.74, 6) is 0. The Kier molecular flexibility index (Phi) is 9.33. The highest BCUT2D eigenvalue weighted by Crippen LogP contribution is 2.15. The molecule has 17 heavy (non-hydrogen) atoms. The quantitative estimate of drug-likeness (QED) is 0.734. The number of hydrogen-bond donors (Lipinski definition) is 0. The van der Waals surface area contributed by atoms with Gasteiger partial charge in [0.05, 0.1) is 0 Å². The van der Waals surface area contributed by atoms with Crippen LogP contribution in [0.4, 0.5) is 0 Å². The lowest BCUT2D eigenvalue weighted by Crippen LogP contribution is -2.22. The molecule has 0 amide bonds. The highest BCUT2D eigenvalue weighted by atomic mass is 28.3. The fraction of sp³-hybridized carbons (Fsp3) is 1.00. The Morgan fingerprint density at radius 1 is 0.941 bits per heavy atom. The molecule has 0 N–H and O–H groups in total. The Bertz CT molecular complexity index is 167. The molecule has 2 nitrogen and oxygen atoms in total. The zero-order valence-corrected chi connectivity index (χ0v) is 14.1. The standard InChI is InChI=1S/C8H18OSi.C5H12OSi/c1-2-3-7-10-8-5-4-6-9-10;1-7-5-3-2-4-6-7/h10H,2-8H2,1H3;7H,2-5H2,1H3. The molecule has 0 saturated carbocycles. The summed E-state index contributed by atoms with van der Waals surface area (Å²) < 4.78 is 11.1. The van der Waals surface area contributed by atoms with E-state index in [1.807, 2.05) is 0 Å². The lowest BCUT2D eigenvalue weighted by atomic mass is 10.4. The van der Waals surface area contributed by atoms with Gasteiger partial charge in [0.1, 0.15) is 0 Å². The second-order valence-electron chi connectivity index (χ2n) is 5.31. The van der Waals surface area contributed by atoms with Crippen molar-refractivity contribution in [1.29, 1.82) is 0 Å². The first-order valence-electron chi connectivity index (χ1n) is 7.56. The molecule has 0 aromatic rings. The van der Waals surface area contributed by atoms with Crippen molar-refractivity contribution >= 4 is 18.1 Å². The van der Waals surface area contributed by atoms with E-state index < -0.39 is 18.1 Å². The molecule has 0 bridgehead atoms. The van der Waals surface area contributed by atoms with E-state index in [1.54, 1.807) is 0 Å². The summed E-state index contributed by atoms with van der Waals surface area (Å²) in [5, 5.41) is 0. The number of rotatable bonds is 3. The van der Waals surface area contributed by atoms with Gasteiger partial charge >= 0.3 is 0 Å². The van der Waals surface area contributed by atoms with Crippen LogP contribution in [0.25, 0.3) is 0 Å². The zero-order valence-electron chi connectivity index (χ0n) is 11.7. The first-order valence-corrected chi connectivity index (χ1v) is 12.1. The highest BCUT2D eigenvalue weighted by molar-refractivity contribution is 6.52. The predicted molar refractivity (Wildman–Crippen MR) is 79.9 cm³/mol. The molecular formula is C13H30O2Si2. The molecule has 4 heteroatoms. The van der Waals surface area contributed by atoms with Crippen LogP contribution >= 0.6 is 0 Å². The van der Waals surface area contributed by atoms with Gasteiger partial charge in [-0.2, -0.15) is 0 Å². The smallest absolute Gasteiger partial charge is 0.176 e. The zero-order chi connectivity index (χ0) is 12.3. The molecule has 0 aliphatic carbocycles. The Hall–Kier alpha value is 0.354. The van der Waals surface area contributed by atoms with Crippen molar-refractivity contribution in [3.8, 4) is 0 Å². The topological polar surface area (TPSA) is 18.5 Å². The summed E-state index contributed by atoms with van der Waals surface area (Å²) in [6.07, 6.45) is 8.23. The maximum Gasteiger partial charge on any atom is 0.176 e. The van der Waals surface area contributed by atoms with Crippen LogP contribution in [0.5, 0.6) is 0 Å². The van der Waals surface area contributed by atoms with Gasteiger partial charge in [-0.1, -0.05) is 32.6 Å². The van der Waals surface area contributed by atoms with Crippen molar-refractivity contribution in [2.75, 3.05) is 13.2 Å². The fourth-order valence-electron chi connectivity index (χ4n) is 2.37. The van der Waals surface area contributed by atoms with Crippen LogP contribution in [0.15, 0.2) is 0 Å². The minimum atomic E-state index is -0.644. The third-order valence-corrected chi connectivity index (χ3v) is 8.40. The van der Waals surface area contributed by atoms with E-state index in [4.69, 9.17) is 8.85 Å². The Morgan fingerprint density at radius 2 is 1.65 bits per heavy atom. The van der Waals surface area contributed by atoms with Crippen LogP contribution < -0.4 is 0 Å². The second kappa shape index (κ2) is 10.3. The van der Waals surface area contributed by atoms with Gasteiger partial charge in [0.15, 0.2) is 18.1 Å². The molecule has 2 unspecified atom stereocenters. The molecule has 2 aliphatic rings. The van der Waals surface area contributed by atoms with E-state index in [0.29, 0.717) is 0 Å². The number of unbranched alkanes of at least 4 members (excludes halogenated alkanes) is 1. The van der Waals surface area contributed by atoms with Gasteiger partial charge < -0.3 is 8.85 Å². The van der Waals surface area contributed by atoms with Gasteiger partial charge in [-0.3, -0.25) is 0 Å². The van der Waals surface area contributed by atoms with Gasteiger partial charge in [0.2, 0.25) is 0 Å². The number of hydrogen-bond acceptors (Lipinski definition) is 2. The summed E-state index contributed by atoms with van der Waals surface area (Å²) in [4.78, 5) is 0. The average molecular weight is 275 g/mol. The summed E-state index contributed by atoms with van der Waals surface area (Å²) in [6, 6.07) is 4.27. The van der Waals surface area contributed by atoms with Gasteiger partial charge in [0, 0.05) is 13.2 Å². The first kappa shape index (κ1) is 15.4. The average Bonchev–Trinajstić information content (AvgIpc) is 2.39. The van der Waals surface area contributed by atoms with Crippen LogP contribution in [0.2, 0.25) is 24.7 Å². The summed E-state index contributed by atoms with van der Waals surface area (Å²) in [5.41, 5.74) is 0. The Labute approximate surface area is 111 Å². The van der Waals surface area contributed by atoms with E-state index in [0.717, 1.165) is 13.2 Å². The van der Waals surface area contributed by atoms with E-state index >= 15 is 0 Å². The van der Waals surface area contributed by atoms with E-state index in [9.17, 15) is 0 Å². The molecule has 2 fully saturated rings. The molecule has 0 aromatic carbocycles. The van der Waals surface area contributed by atoms with Gasteiger partial charge in [0.25, 0.3) is 0 Å². The van der Waals surface area contributed by atoms with Crippen LogP contribution in [0.1, 0.15) is 45.4 Å². The first-order chi connectivity index (χ1) is 8.33. The van der Waals surface area contributed by atoms with Crippen molar-refractivity contribution in [2.45, 2.75) is 70.1 Å². The van der Waals surface area contributed by atoms with Gasteiger partial charge in [-0.05, 0) is 37.5 Å². The highest BCUT2D eigenvalue weighted by Gasteiger charge is 2.14. The molecule has 0 aromatic heterocycles. The van der Waals surface area contributed by atoms with Crippen molar-refractivity contribution in [3.05, 3.63) is 0 Å². The summed E-state index contributed by atoms with van der Waals surface area (Å²) in [7, 11) is -1.24. The van der Waals surface area contributed by atoms with Crippen LogP contribution in [0.3, 0.4) is 0 Å². The van der Waals surface area contributed by atoms with E-state index in [1.165, 1.54) is 56.7 Å². The van der Waals surface area contributed by atoms with E-state index in [2.05, 4.69) is 13.5 Å². The normalized spacial score (nSPS) is 29.3. The molecule has 2 rings (SSSR count). The lowest BCUT2D eigenvalue weighted by Gasteiger charge is -2.20. The van der Waals surface area contributed by atoms with Crippen molar-refractivity contribution in [3.63, 3.8) is 0 Å². The lowest BCUT2D eigenvalue weighted by molar-refractivity contribution is 0.286. The van der Waals surface area contributed by atoms with E-state index in [-0.39, 0.29) is 0 Å². The van der Waals surface area contributed by atoms with Crippen molar-refractivity contribution in [2.24, 2.45) is 0 Å². The maximum atomic E-state index is 5.72. The van der Waals surface area contributed by atoms with Crippen molar-refractivity contribution < 1.29 is 8.85 Å². The third kappa shape index (κ3) is 8.13. The predicted octanol–water partition coefficient (Wildman–Crippen LogP) is 3.47. The summed E-state index contributed by atoms with van der Waals surface area (Å²) in [6.45, 7) is 6.66. The van der Waals surface area contributed by atoms with Gasteiger partial charge in [-0.15, -0.1) is 0 Å². The van der Waals surface area contributed by atoms with Gasteiger partial charge in [-0.25, -0.2) is 0 Å². The maximum absolute atomic E-state index is 5.72. The summed E-state index contributed by atoms with van der Waals surface area (Å²) >= 11 is 0. The molecule has 2 aliphatic heterocycles. The molecule has 2 heterocycles. The fourth-order valence-corrected chi connectivity index (χ4v) is 6.70. The molecular weight excluding hydrogens is 244 g/mol.